The number of nitrogens with zero attached hydrogens (tertiary/aromatic N) is 1. The van der Waals surface area contributed by atoms with E-state index in [2.05, 4.69) is 0 Å². The first-order valence-electron chi connectivity index (χ1n) is 4.30. The molecule has 0 aliphatic rings. The summed E-state index contributed by atoms with van der Waals surface area (Å²) in [6.45, 7) is 2.95. The SMILES string of the molecule is CCN(C)c1c(Cl)cccc1CO. The maximum absolute atomic E-state index is 9.10. The van der Waals surface area contributed by atoms with E-state index in [1.807, 2.05) is 37.1 Å². The molecule has 0 radical (unpaired) electrons. The summed E-state index contributed by atoms with van der Waals surface area (Å²) >= 11 is 6.03. The molecule has 2 nitrogen and oxygen atoms in total. The molecule has 0 bridgehead atoms. The van der Waals surface area contributed by atoms with Crippen LogP contribution in [0.15, 0.2) is 18.2 Å². The number of benzene rings is 1. The van der Waals surface area contributed by atoms with E-state index in [4.69, 9.17) is 16.7 Å². The zero-order valence-electron chi connectivity index (χ0n) is 7.92. The number of hydrogen-bond donors (Lipinski definition) is 1. The molecule has 1 rings (SSSR count). The highest BCUT2D eigenvalue weighted by Gasteiger charge is 2.08. The summed E-state index contributed by atoms with van der Waals surface area (Å²) in [6.07, 6.45) is 0. The van der Waals surface area contributed by atoms with Crippen LogP contribution in [-0.2, 0) is 6.61 Å². The lowest BCUT2D eigenvalue weighted by atomic mass is 10.1. The summed E-state index contributed by atoms with van der Waals surface area (Å²) in [5.41, 5.74) is 1.80. The highest BCUT2D eigenvalue weighted by molar-refractivity contribution is 6.33. The lowest BCUT2D eigenvalue weighted by molar-refractivity contribution is 0.282. The molecule has 0 aromatic heterocycles. The Balaban J connectivity index is 3.14. The molecule has 0 aliphatic heterocycles. The van der Waals surface area contributed by atoms with Gasteiger partial charge in [-0.15, -0.1) is 0 Å². The third-order valence-corrected chi connectivity index (χ3v) is 2.40. The Hall–Kier alpha value is -0.730. The first-order chi connectivity index (χ1) is 6.20. The van der Waals surface area contributed by atoms with E-state index >= 15 is 0 Å². The van der Waals surface area contributed by atoms with E-state index in [9.17, 15) is 0 Å². The van der Waals surface area contributed by atoms with Crippen molar-refractivity contribution in [1.29, 1.82) is 0 Å². The molecule has 0 atom stereocenters. The van der Waals surface area contributed by atoms with Gasteiger partial charge in [-0.3, -0.25) is 0 Å². The molecular weight excluding hydrogens is 186 g/mol. The quantitative estimate of drug-likeness (QED) is 0.808. The highest BCUT2D eigenvalue weighted by atomic mass is 35.5. The summed E-state index contributed by atoms with van der Waals surface area (Å²) in [5.74, 6) is 0. The van der Waals surface area contributed by atoms with Gasteiger partial charge < -0.3 is 10.0 Å². The summed E-state index contributed by atoms with van der Waals surface area (Å²) in [6, 6.07) is 5.57. The maximum Gasteiger partial charge on any atom is 0.0702 e. The fourth-order valence-electron chi connectivity index (χ4n) is 1.27. The van der Waals surface area contributed by atoms with Gasteiger partial charge in [0.25, 0.3) is 0 Å². The van der Waals surface area contributed by atoms with Crippen molar-refractivity contribution in [3.63, 3.8) is 0 Å². The maximum atomic E-state index is 9.10. The predicted octanol–water partition coefficient (Wildman–Crippen LogP) is 2.29. The molecule has 0 saturated carbocycles. The second kappa shape index (κ2) is 4.49. The molecule has 72 valence electrons. The Morgan fingerprint density at radius 2 is 2.15 bits per heavy atom. The third kappa shape index (κ3) is 2.14. The average molecular weight is 200 g/mol. The van der Waals surface area contributed by atoms with Crippen molar-refractivity contribution in [2.45, 2.75) is 13.5 Å². The Kier molecular flexibility index (Phi) is 3.58. The molecule has 0 aliphatic carbocycles. The van der Waals surface area contributed by atoms with Crippen LogP contribution in [0, 0.1) is 0 Å². The van der Waals surface area contributed by atoms with Gasteiger partial charge in [-0.2, -0.15) is 0 Å². The number of halogens is 1. The molecule has 13 heavy (non-hydrogen) atoms. The van der Waals surface area contributed by atoms with Crippen molar-refractivity contribution >= 4 is 17.3 Å². The van der Waals surface area contributed by atoms with Gasteiger partial charge in [0, 0.05) is 19.2 Å². The molecule has 0 saturated heterocycles. The Morgan fingerprint density at radius 1 is 1.46 bits per heavy atom. The van der Waals surface area contributed by atoms with Crippen LogP contribution in [0.25, 0.3) is 0 Å². The predicted molar refractivity (Wildman–Crippen MR) is 56.3 cm³/mol. The largest absolute Gasteiger partial charge is 0.392 e. The number of para-hydroxylation sites is 1. The van der Waals surface area contributed by atoms with Crippen LogP contribution in [0.3, 0.4) is 0 Å². The first-order valence-corrected chi connectivity index (χ1v) is 4.67. The number of hydrogen-bond acceptors (Lipinski definition) is 2. The molecule has 0 unspecified atom stereocenters. The minimum absolute atomic E-state index is 0.0280. The van der Waals surface area contributed by atoms with E-state index in [0.717, 1.165) is 17.8 Å². The summed E-state index contributed by atoms with van der Waals surface area (Å²) in [4.78, 5) is 2.02. The number of anilines is 1. The fraction of sp³-hybridized carbons (Fsp3) is 0.400. The molecule has 0 heterocycles. The molecule has 0 fully saturated rings. The number of aliphatic hydroxyl groups is 1. The van der Waals surface area contributed by atoms with E-state index in [1.165, 1.54) is 0 Å². The van der Waals surface area contributed by atoms with Crippen LogP contribution in [0.1, 0.15) is 12.5 Å². The van der Waals surface area contributed by atoms with Crippen LogP contribution in [0.4, 0.5) is 5.69 Å². The average Bonchev–Trinajstić information content (AvgIpc) is 2.16. The van der Waals surface area contributed by atoms with Gasteiger partial charge in [0.05, 0.1) is 17.3 Å². The van der Waals surface area contributed by atoms with Crippen molar-refractivity contribution in [1.82, 2.24) is 0 Å². The monoisotopic (exact) mass is 199 g/mol. The van der Waals surface area contributed by atoms with Crippen molar-refractivity contribution in [3.05, 3.63) is 28.8 Å². The van der Waals surface area contributed by atoms with Crippen LogP contribution in [-0.4, -0.2) is 18.7 Å². The van der Waals surface area contributed by atoms with Crippen LogP contribution < -0.4 is 4.90 Å². The Morgan fingerprint density at radius 3 is 2.69 bits per heavy atom. The smallest absolute Gasteiger partial charge is 0.0702 e. The second-order valence-corrected chi connectivity index (χ2v) is 3.33. The number of rotatable bonds is 3. The van der Waals surface area contributed by atoms with Gasteiger partial charge in [0.2, 0.25) is 0 Å². The lowest BCUT2D eigenvalue weighted by Gasteiger charge is -2.21. The normalized spacial score (nSPS) is 10.2. The summed E-state index contributed by atoms with van der Waals surface area (Å²) < 4.78 is 0. The standard InChI is InChI=1S/C10H14ClNO/c1-3-12(2)10-8(7-13)5-4-6-9(10)11/h4-6,13H,3,7H2,1-2H3. The van der Waals surface area contributed by atoms with E-state index in [0.29, 0.717) is 5.02 Å². The summed E-state index contributed by atoms with van der Waals surface area (Å²) in [5, 5.41) is 9.79. The lowest BCUT2D eigenvalue weighted by Crippen LogP contribution is -2.18. The first kappa shape index (κ1) is 10.4. The van der Waals surface area contributed by atoms with Crippen molar-refractivity contribution < 1.29 is 5.11 Å². The van der Waals surface area contributed by atoms with E-state index < -0.39 is 0 Å². The molecule has 0 amide bonds. The van der Waals surface area contributed by atoms with Crippen molar-refractivity contribution in [2.24, 2.45) is 0 Å². The molecule has 1 aromatic carbocycles. The van der Waals surface area contributed by atoms with Gasteiger partial charge in [0.1, 0.15) is 0 Å². The van der Waals surface area contributed by atoms with Crippen LogP contribution in [0.5, 0.6) is 0 Å². The second-order valence-electron chi connectivity index (χ2n) is 2.92. The minimum Gasteiger partial charge on any atom is -0.392 e. The Labute approximate surface area is 83.7 Å². The van der Waals surface area contributed by atoms with E-state index in [1.54, 1.807) is 0 Å². The topological polar surface area (TPSA) is 23.5 Å². The van der Waals surface area contributed by atoms with Crippen molar-refractivity contribution in [3.8, 4) is 0 Å². The zero-order chi connectivity index (χ0) is 9.84. The third-order valence-electron chi connectivity index (χ3n) is 2.10. The molecular formula is C10H14ClNO. The fourth-order valence-corrected chi connectivity index (χ4v) is 1.61. The highest BCUT2D eigenvalue weighted by Crippen LogP contribution is 2.28. The van der Waals surface area contributed by atoms with Crippen LogP contribution in [0.2, 0.25) is 5.02 Å². The Bertz CT molecular complexity index is 288. The molecule has 1 N–H and O–H groups in total. The van der Waals surface area contributed by atoms with Gasteiger partial charge in [-0.05, 0) is 13.0 Å². The van der Waals surface area contributed by atoms with Gasteiger partial charge in [-0.25, -0.2) is 0 Å². The van der Waals surface area contributed by atoms with E-state index in [-0.39, 0.29) is 6.61 Å². The zero-order valence-corrected chi connectivity index (χ0v) is 8.67. The van der Waals surface area contributed by atoms with Crippen LogP contribution >= 0.6 is 11.6 Å². The van der Waals surface area contributed by atoms with Gasteiger partial charge in [-0.1, -0.05) is 23.7 Å². The number of aliphatic hydroxyl groups excluding tert-OH is 1. The van der Waals surface area contributed by atoms with Crippen molar-refractivity contribution in [2.75, 3.05) is 18.5 Å². The molecule has 3 heteroatoms. The molecule has 0 spiro atoms. The summed E-state index contributed by atoms with van der Waals surface area (Å²) in [7, 11) is 1.96. The van der Waals surface area contributed by atoms with Gasteiger partial charge >= 0.3 is 0 Å². The molecule has 1 aromatic rings. The van der Waals surface area contributed by atoms with Gasteiger partial charge in [0.15, 0.2) is 0 Å². The minimum atomic E-state index is 0.0280.